The fourth-order valence-electron chi connectivity index (χ4n) is 2.30. The molecular formula is C14H19BrN2O2. The van der Waals surface area contributed by atoms with Crippen molar-refractivity contribution in [1.82, 2.24) is 10.2 Å². The molecular weight excluding hydrogens is 308 g/mol. The van der Waals surface area contributed by atoms with Crippen LogP contribution in [0.3, 0.4) is 0 Å². The highest BCUT2D eigenvalue weighted by atomic mass is 79.9. The zero-order valence-electron chi connectivity index (χ0n) is 11.2. The van der Waals surface area contributed by atoms with Crippen molar-refractivity contribution in [3.8, 4) is 5.75 Å². The average molecular weight is 327 g/mol. The summed E-state index contributed by atoms with van der Waals surface area (Å²) in [4.78, 5) is 14.2. The number of rotatable bonds is 2. The molecule has 1 aliphatic heterocycles. The van der Waals surface area contributed by atoms with E-state index in [0.717, 1.165) is 17.3 Å². The number of amides is 1. The van der Waals surface area contributed by atoms with Gasteiger partial charge in [0.05, 0.1) is 5.56 Å². The zero-order chi connectivity index (χ0) is 14.0. The number of hydrogen-bond donors (Lipinski definition) is 2. The number of carbonyl (C=O) groups is 1. The third kappa shape index (κ3) is 3.09. The average Bonchev–Trinajstić information content (AvgIpc) is 2.42. The van der Waals surface area contributed by atoms with Gasteiger partial charge in [0.2, 0.25) is 0 Å². The van der Waals surface area contributed by atoms with Crippen LogP contribution in [0.15, 0.2) is 22.7 Å². The smallest absolute Gasteiger partial charge is 0.257 e. The van der Waals surface area contributed by atoms with Crippen LogP contribution in [0.2, 0.25) is 0 Å². The molecule has 0 bridgehead atoms. The lowest BCUT2D eigenvalue weighted by Gasteiger charge is -2.39. The lowest BCUT2D eigenvalue weighted by atomic mass is 9.89. The molecule has 19 heavy (non-hydrogen) atoms. The van der Waals surface area contributed by atoms with Crippen molar-refractivity contribution in [2.45, 2.75) is 25.3 Å². The monoisotopic (exact) mass is 326 g/mol. The molecule has 1 aromatic rings. The number of carbonyl (C=O) groups excluding carboxylic acids is 1. The van der Waals surface area contributed by atoms with Crippen LogP contribution in [0.5, 0.6) is 5.75 Å². The molecule has 1 saturated heterocycles. The molecule has 104 valence electrons. The maximum absolute atomic E-state index is 12.4. The lowest BCUT2D eigenvalue weighted by Crippen LogP contribution is -2.51. The van der Waals surface area contributed by atoms with Crippen LogP contribution in [-0.4, -0.2) is 41.6 Å². The minimum atomic E-state index is -0.100. The van der Waals surface area contributed by atoms with E-state index in [1.807, 2.05) is 7.05 Å². The molecule has 0 aliphatic carbocycles. The first-order valence-corrected chi connectivity index (χ1v) is 7.21. The molecule has 1 aromatic carbocycles. The summed E-state index contributed by atoms with van der Waals surface area (Å²) >= 11 is 3.33. The lowest BCUT2D eigenvalue weighted by molar-refractivity contribution is 0.0659. The van der Waals surface area contributed by atoms with Gasteiger partial charge >= 0.3 is 0 Å². The van der Waals surface area contributed by atoms with Gasteiger partial charge in [0.1, 0.15) is 5.75 Å². The summed E-state index contributed by atoms with van der Waals surface area (Å²) < 4.78 is 0.797. The van der Waals surface area contributed by atoms with Crippen molar-refractivity contribution in [3.05, 3.63) is 28.2 Å². The number of likely N-dealkylation sites (tertiary alicyclic amines) is 1. The van der Waals surface area contributed by atoms with Gasteiger partial charge in [-0.15, -0.1) is 0 Å². The summed E-state index contributed by atoms with van der Waals surface area (Å²) in [6.07, 6.45) is 1.84. The maximum Gasteiger partial charge on any atom is 0.257 e. The summed E-state index contributed by atoms with van der Waals surface area (Å²) in [6.45, 7) is 3.59. The van der Waals surface area contributed by atoms with E-state index in [1.165, 1.54) is 0 Å². The number of hydrogen-bond acceptors (Lipinski definition) is 3. The van der Waals surface area contributed by atoms with E-state index in [0.29, 0.717) is 18.7 Å². The number of halogens is 1. The Morgan fingerprint density at radius 2 is 2.05 bits per heavy atom. The molecule has 0 radical (unpaired) electrons. The standard InChI is InChI=1S/C14H19BrN2O2/c1-14(16-2)5-7-17(8-6-14)13(19)11-9-10(15)3-4-12(11)18/h3-4,9,16,18H,5-8H2,1-2H3. The van der Waals surface area contributed by atoms with Gasteiger partial charge < -0.3 is 15.3 Å². The van der Waals surface area contributed by atoms with Gasteiger partial charge in [-0.1, -0.05) is 15.9 Å². The molecule has 1 amide bonds. The minimum absolute atomic E-state index is 0.0372. The summed E-state index contributed by atoms with van der Waals surface area (Å²) in [5.41, 5.74) is 0.471. The number of aromatic hydroxyl groups is 1. The van der Waals surface area contributed by atoms with E-state index >= 15 is 0 Å². The number of benzene rings is 1. The van der Waals surface area contributed by atoms with Crippen molar-refractivity contribution in [2.24, 2.45) is 0 Å². The number of nitrogens with zero attached hydrogens (tertiary/aromatic N) is 1. The third-order valence-electron chi connectivity index (χ3n) is 3.95. The van der Waals surface area contributed by atoms with Crippen molar-refractivity contribution in [3.63, 3.8) is 0 Å². The maximum atomic E-state index is 12.4. The van der Waals surface area contributed by atoms with Gasteiger partial charge in [-0.25, -0.2) is 0 Å². The van der Waals surface area contributed by atoms with Crippen LogP contribution in [0, 0.1) is 0 Å². The van der Waals surface area contributed by atoms with E-state index in [2.05, 4.69) is 28.2 Å². The molecule has 0 spiro atoms. The first-order chi connectivity index (χ1) is 8.95. The molecule has 0 unspecified atom stereocenters. The molecule has 0 aromatic heterocycles. The number of nitrogens with one attached hydrogen (secondary N) is 1. The normalized spacial score (nSPS) is 18.4. The zero-order valence-corrected chi connectivity index (χ0v) is 12.8. The van der Waals surface area contributed by atoms with E-state index in [-0.39, 0.29) is 17.2 Å². The second-order valence-corrected chi connectivity index (χ2v) is 6.18. The Bertz CT molecular complexity index is 482. The second kappa shape index (κ2) is 5.51. The molecule has 5 heteroatoms. The van der Waals surface area contributed by atoms with Crippen LogP contribution in [0.1, 0.15) is 30.1 Å². The summed E-state index contributed by atoms with van der Waals surface area (Å²) in [7, 11) is 1.96. The summed E-state index contributed by atoms with van der Waals surface area (Å²) in [5.74, 6) is -0.0629. The van der Waals surface area contributed by atoms with Gasteiger partial charge in [-0.3, -0.25) is 4.79 Å². The Morgan fingerprint density at radius 3 is 2.63 bits per heavy atom. The molecule has 0 atom stereocenters. The molecule has 2 N–H and O–H groups in total. The Balaban J connectivity index is 2.11. The van der Waals surface area contributed by atoms with E-state index in [1.54, 1.807) is 23.1 Å². The van der Waals surface area contributed by atoms with Crippen LogP contribution in [0.25, 0.3) is 0 Å². The molecule has 1 heterocycles. The Kier molecular flexibility index (Phi) is 4.16. The Morgan fingerprint density at radius 1 is 1.42 bits per heavy atom. The highest BCUT2D eigenvalue weighted by molar-refractivity contribution is 9.10. The van der Waals surface area contributed by atoms with Crippen molar-refractivity contribution in [2.75, 3.05) is 20.1 Å². The number of phenolic OH excluding ortho intramolecular Hbond substituents is 1. The molecule has 0 saturated carbocycles. The Labute approximate surface area is 121 Å². The summed E-state index contributed by atoms with van der Waals surface area (Å²) in [6, 6.07) is 4.93. The summed E-state index contributed by atoms with van der Waals surface area (Å²) in [5, 5.41) is 13.1. The fourth-order valence-corrected chi connectivity index (χ4v) is 2.66. The molecule has 1 aliphatic rings. The number of piperidine rings is 1. The van der Waals surface area contributed by atoms with Gasteiger partial charge in [0.15, 0.2) is 0 Å². The van der Waals surface area contributed by atoms with Crippen molar-refractivity contribution in [1.29, 1.82) is 0 Å². The highest BCUT2D eigenvalue weighted by Gasteiger charge is 2.31. The van der Waals surface area contributed by atoms with E-state index < -0.39 is 0 Å². The van der Waals surface area contributed by atoms with Gasteiger partial charge in [0.25, 0.3) is 5.91 Å². The van der Waals surface area contributed by atoms with Crippen LogP contribution in [0.4, 0.5) is 0 Å². The fraction of sp³-hybridized carbons (Fsp3) is 0.500. The highest BCUT2D eigenvalue weighted by Crippen LogP contribution is 2.26. The topological polar surface area (TPSA) is 52.6 Å². The first kappa shape index (κ1) is 14.3. The van der Waals surface area contributed by atoms with Gasteiger partial charge in [-0.2, -0.15) is 0 Å². The molecule has 4 nitrogen and oxygen atoms in total. The molecule has 2 rings (SSSR count). The largest absolute Gasteiger partial charge is 0.507 e. The van der Waals surface area contributed by atoms with Gasteiger partial charge in [-0.05, 0) is 45.0 Å². The van der Waals surface area contributed by atoms with E-state index in [4.69, 9.17) is 0 Å². The molecule has 1 fully saturated rings. The van der Waals surface area contributed by atoms with Crippen molar-refractivity contribution < 1.29 is 9.90 Å². The van der Waals surface area contributed by atoms with E-state index in [9.17, 15) is 9.90 Å². The van der Waals surface area contributed by atoms with Crippen LogP contribution < -0.4 is 5.32 Å². The van der Waals surface area contributed by atoms with Crippen LogP contribution in [-0.2, 0) is 0 Å². The van der Waals surface area contributed by atoms with Crippen molar-refractivity contribution >= 4 is 21.8 Å². The quantitative estimate of drug-likeness (QED) is 0.877. The SMILES string of the molecule is CNC1(C)CCN(C(=O)c2cc(Br)ccc2O)CC1. The van der Waals surface area contributed by atoms with Gasteiger partial charge in [0, 0.05) is 23.1 Å². The third-order valence-corrected chi connectivity index (χ3v) is 4.44. The second-order valence-electron chi connectivity index (χ2n) is 5.26. The predicted molar refractivity (Wildman–Crippen MR) is 78.4 cm³/mol. The number of phenols is 1. The Hall–Kier alpha value is -1.07. The van der Waals surface area contributed by atoms with Crippen LogP contribution >= 0.6 is 15.9 Å². The first-order valence-electron chi connectivity index (χ1n) is 6.42. The minimum Gasteiger partial charge on any atom is -0.507 e. The predicted octanol–water partition coefficient (Wildman–Crippen LogP) is 2.37.